The van der Waals surface area contributed by atoms with E-state index in [1.165, 1.54) is 24.8 Å². The lowest BCUT2D eigenvalue weighted by Gasteiger charge is -2.40. The van der Waals surface area contributed by atoms with E-state index in [0.29, 0.717) is 30.6 Å². The molecule has 0 unspecified atom stereocenters. The van der Waals surface area contributed by atoms with Crippen LogP contribution in [0.15, 0.2) is 30.3 Å². The molecule has 3 nitrogen and oxygen atoms in total. The average molecular weight is 314 g/mol. The van der Waals surface area contributed by atoms with Crippen LogP contribution in [0.25, 0.3) is 0 Å². The molecule has 2 aliphatic rings. The molecule has 0 N–H and O–H groups in total. The van der Waals surface area contributed by atoms with Crippen molar-refractivity contribution in [1.29, 1.82) is 0 Å². The lowest BCUT2D eigenvalue weighted by atomic mass is 9.97. The zero-order valence-electron chi connectivity index (χ0n) is 14.6. The molecule has 23 heavy (non-hydrogen) atoms. The topological polar surface area (TPSA) is 23.6 Å². The van der Waals surface area contributed by atoms with Crippen LogP contribution in [-0.2, 0) is 11.2 Å². The second-order valence-corrected chi connectivity index (χ2v) is 7.39. The van der Waals surface area contributed by atoms with Crippen LogP contribution >= 0.6 is 0 Å². The molecule has 3 rings (SSSR count). The number of hydrogen-bond donors (Lipinski definition) is 0. The predicted octanol–water partition coefficient (Wildman–Crippen LogP) is 3.48. The van der Waals surface area contributed by atoms with E-state index in [-0.39, 0.29) is 0 Å². The largest absolute Gasteiger partial charge is 0.336 e. The highest BCUT2D eigenvalue weighted by Gasteiger charge is 2.32. The molecule has 2 aliphatic heterocycles. The minimum absolute atomic E-state index is 0.338. The van der Waals surface area contributed by atoms with E-state index in [1.54, 1.807) is 0 Å². The molecule has 0 radical (unpaired) electrons. The number of carbonyl (C=O) groups excluding carboxylic acids is 1. The molecule has 2 fully saturated rings. The van der Waals surface area contributed by atoms with Gasteiger partial charge in [0.1, 0.15) is 0 Å². The van der Waals surface area contributed by atoms with Gasteiger partial charge in [-0.25, -0.2) is 0 Å². The van der Waals surface area contributed by atoms with Gasteiger partial charge in [-0.15, -0.1) is 0 Å². The first-order valence-electron chi connectivity index (χ1n) is 9.24. The van der Waals surface area contributed by atoms with E-state index in [0.717, 1.165) is 25.8 Å². The smallest absolute Gasteiger partial charge is 0.237 e. The first kappa shape index (κ1) is 16.5. The van der Waals surface area contributed by atoms with Crippen LogP contribution in [0.4, 0.5) is 0 Å². The summed E-state index contributed by atoms with van der Waals surface area (Å²) < 4.78 is 0. The predicted molar refractivity (Wildman–Crippen MR) is 94.4 cm³/mol. The minimum Gasteiger partial charge on any atom is -0.336 e. The molecular formula is C20H30N2O. The van der Waals surface area contributed by atoms with Crippen LogP contribution in [0.5, 0.6) is 0 Å². The van der Waals surface area contributed by atoms with E-state index in [1.807, 2.05) is 0 Å². The van der Waals surface area contributed by atoms with Gasteiger partial charge in [0.15, 0.2) is 0 Å². The first-order valence-corrected chi connectivity index (χ1v) is 9.24. The van der Waals surface area contributed by atoms with Crippen LogP contribution < -0.4 is 0 Å². The van der Waals surface area contributed by atoms with E-state index in [4.69, 9.17) is 0 Å². The zero-order chi connectivity index (χ0) is 16.2. The Kier molecular flexibility index (Phi) is 5.37. The Hall–Kier alpha value is -1.35. The summed E-state index contributed by atoms with van der Waals surface area (Å²) in [5.74, 6) is 0.338. The van der Waals surface area contributed by atoms with Crippen molar-refractivity contribution < 1.29 is 4.79 Å². The maximum Gasteiger partial charge on any atom is 0.237 e. The summed E-state index contributed by atoms with van der Waals surface area (Å²) in [6, 6.07) is 12.0. The normalized spacial score (nSPS) is 29.0. The SMILES string of the molecule is C[C@@H]1CCC[C@H](C)N1C(=O)CN1CCC[C@@H]1Cc1ccccc1. The van der Waals surface area contributed by atoms with Crippen molar-refractivity contribution >= 4 is 5.91 Å². The van der Waals surface area contributed by atoms with Gasteiger partial charge in [0, 0.05) is 18.1 Å². The Morgan fingerprint density at radius 2 is 1.74 bits per heavy atom. The first-order chi connectivity index (χ1) is 11.1. The highest BCUT2D eigenvalue weighted by atomic mass is 16.2. The summed E-state index contributed by atoms with van der Waals surface area (Å²) in [6.07, 6.45) is 7.07. The van der Waals surface area contributed by atoms with Gasteiger partial charge in [0.25, 0.3) is 0 Å². The summed E-state index contributed by atoms with van der Waals surface area (Å²) in [5, 5.41) is 0. The van der Waals surface area contributed by atoms with Gasteiger partial charge in [-0.2, -0.15) is 0 Å². The van der Waals surface area contributed by atoms with Crippen molar-refractivity contribution in [2.75, 3.05) is 13.1 Å². The van der Waals surface area contributed by atoms with Crippen molar-refractivity contribution in [3.8, 4) is 0 Å². The standard InChI is InChI=1S/C20H30N2O/c1-16-8-6-9-17(2)22(16)20(23)15-21-13-7-12-19(21)14-18-10-4-3-5-11-18/h3-5,10-11,16-17,19H,6-9,12-15H2,1-2H3/t16-,17+,19-/m1/s1. The van der Waals surface area contributed by atoms with Crippen molar-refractivity contribution in [3.05, 3.63) is 35.9 Å². The number of hydrogen-bond acceptors (Lipinski definition) is 2. The molecule has 0 bridgehead atoms. The number of likely N-dealkylation sites (tertiary alicyclic amines) is 2. The van der Waals surface area contributed by atoms with Crippen LogP contribution in [0.1, 0.15) is 51.5 Å². The summed E-state index contributed by atoms with van der Waals surface area (Å²) in [5.41, 5.74) is 1.39. The third-order valence-corrected chi connectivity index (χ3v) is 5.63. The summed E-state index contributed by atoms with van der Waals surface area (Å²) in [6.45, 7) is 6.09. The van der Waals surface area contributed by atoms with Crippen molar-refractivity contribution in [2.24, 2.45) is 0 Å². The van der Waals surface area contributed by atoms with Crippen LogP contribution in [-0.4, -0.2) is 46.9 Å². The molecule has 0 saturated carbocycles. The summed E-state index contributed by atoms with van der Waals surface area (Å²) in [7, 11) is 0. The highest BCUT2D eigenvalue weighted by Crippen LogP contribution is 2.25. The molecule has 3 heteroatoms. The molecule has 0 aliphatic carbocycles. The molecular weight excluding hydrogens is 284 g/mol. The number of benzene rings is 1. The van der Waals surface area contributed by atoms with Gasteiger partial charge in [-0.05, 0) is 64.5 Å². The van der Waals surface area contributed by atoms with Crippen molar-refractivity contribution in [2.45, 2.75) is 70.5 Å². The second-order valence-electron chi connectivity index (χ2n) is 7.39. The Morgan fingerprint density at radius 3 is 2.43 bits per heavy atom. The highest BCUT2D eigenvalue weighted by molar-refractivity contribution is 5.79. The number of nitrogens with zero attached hydrogens (tertiary/aromatic N) is 2. The fourth-order valence-electron chi connectivity index (χ4n) is 4.39. The average Bonchev–Trinajstić information content (AvgIpc) is 2.95. The second kappa shape index (κ2) is 7.48. The van der Waals surface area contributed by atoms with Crippen LogP contribution in [0, 0.1) is 0 Å². The molecule has 1 aromatic carbocycles. The number of rotatable bonds is 4. The summed E-state index contributed by atoms with van der Waals surface area (Å²) >= 11 is 0. The Labute approximate surface area is 140 Å². The molecule has 126 valence electrons. The van der Waals surface area contributed by atoms with Crippen molar-refractivity contribution in [1.82, 2.24) is 9.80 Å². The fraction of sp³-hybridized carbons (Fsp3) is 0.650. The lowest BCUT2D eigenvalue weighted by molar-refractivity contribution is -0.138. The quantitative estimate of drug-likeness (QED) is 0.849. The van der Waals surface area contributed by atoms with Crippen LogP contribution in [0.2, 0.25) is 0 Å². The van der Waals surface area contributed by atoms with Gasteiger partial charge in [0.2, 0.25) is 5.91 Å². The van der Waals surface area contributed by atoms with E-state index >= 15 is 0 Å². The molecule has 0 spiro atoms. The van der Waals surface area contributed by atoms with E-state index in [9.17, 15) is 4.79 Å². The van der Waals surface area contributed by atoms with Gasteiger partial charge < -0.3 is 4.90 Å². The van der Waals surface area contributed by atoms with Gasteiger partial charge in [0.05, 0.1) is 6.54 Å². The third kappa shape index (κ3) is 3.95. The van der Waals surface area contributed by atoms with Crippen molar-refractivity contribution in [3.63, 3.8) is 0 Å². The zero-order valence-corrected chi connectivity index (χ0v) is 14.6. The Balaban J connectivity index is 1.60. The van der Waals surface area contributed by atoms with E-state index < -0.39 is 0 Å². The Bertz CT molecular complexity index is 506. The lowest BCUT2D eigenvalue weighted by Crippen LogP contribution is -2.51. The molecule has 2 heterocycles. The fourth-order valence-corrected chi connectivity index (χ4v) is 4.39. The number of amides is 1. The molecule has 1 amide bonds. The Morgan fingerprint density at radius 1 is 1.04 bits per heavy atom. The van der Waals surface area contributed by atoms with Gasteiger partial charge in [-0.3, -0.25) is 9.69 Å². The minimum atomic E-state index is 0.338. The third-order valence-electron chi connectivity index (χ3n) is 5.63. The van der Waals surface area contributed by atoms with Crippen LogP contribution in [0.3, 0.4) is 0 Å². The monoisotopic (exact) mass is 314 g/mol. The van der Waals surface area contributed by atoms with E-state index in [2.05, 4.69) is 54.0 Å². The molecule has 3 atom stereocenters. The number of carbonyl (C=O) groups is 1. The van der Waals surface area contributed by atoms with Gasteiger partial charge in [-0.1, -0.05) is 30.3 Å². The van der Waals surface area contributed by atoms with Gasteiger partial charge >= 0.3 is 0 Å². The maximum absolute atomic E-state index is 12.9. The molecule has 1 aromatic rings. The molecule has 2 saturated heterocycles. The summed E-state index contributed by atoms with van der Waals surface area (Å²) in [4.78, 5) is 17.4. The maximum atomic E-state index is 12.9. The number of piperidine rings is 1. The molecule has 0 aromatic heterocycles.